The van der Waals surface area contributed by atoms with Crippen LogP contribution in [0.15, 0.2) is 60.2 Å². The number of benzene rings is 3. The molecule has 0 spiro atoms. The Labute approximate surface area is 195 Å². The van der Waals surface area contributed by atoms with Crippen LogP contribution in [0.25, 0.3) is 5.76 Å². The van der Waals surface area contributed by atoms with E-state index in [4.69, 9.17) is 11.6 Å². The molecule has 7 heteroatoms. The zero-order valence-corrected chi connectivity index (χ0v) is 18.9. The number of phenols is 1. The van der Waals surface area contributed by atoms with Crippen molar-refractivity contribution in [1.29, 1.82) is 0 Å². The quantitative estimate of drug-likeness (QED) is 0.294. The van der Waals surface area contributed by atoms with Gasteiger partial charge in [-0.25, -0.2) is 4.39 Å². The fourth-order valence-electron chi connectivity index (χ4n) is 3.93. The van der Waals surface area contributed by atoms with Crippen LogP contribution in [0.4, 0.5) is 10.1 Å². The highest BCUT2D eigenvalue weighted by Gasteiger charge is 2.47. The van der Waals surface area contributed by atoms with Crippen LogP contribution < -0.4 is 4.90 Å². The third kappa shape index (κ3) is 3.87. The van der Waals surface area contributed by atoms with E-state index in [2.05, 4.69) is 0 Å². The van der Waals surface area contributed by atoms with Crippen LogP contribution in [0.5, 0.6) is 5.75 Å². The van der Waals surface area contributed by atoms with Crippen LogP contribution >= 0.6 is 11.6 Å². The predicted octanol–water partition coefficient (Wildman–Crippen LogP) is 5.74. The van der Waals surface area contributed by atoms with Crippen molar-refractivity contribution in [2.45, 2.75) is 26.8 Å². The van der Waals surface area contributed by atoms with Crippen LogP contribution in [0.1, 0.15) is 33.9 Å². The number of aryl methyl sites for hydroxylation is 3. The third-order valence-corrected chi connectivity index (χ3v) is 6.23. The van der Waals surface area contributed by atoms with Gasteiger partial charge in [0.15, 0.2) is 0 Å². The SMILES string of the molecule is Cc1ccc(N2C(=O)C(=O)/C(=C(/O)c3ccc(F)c(C)c3)C2c2ccc(O)c(Cl)c2)cc1C. The Balaban J connectivity index is 1.98. The van der Waals surface area contributed by atoms with Crippen molar-refractivity contribution in [2.75, 3.05) is 4.90 Å². The second-order valence-corrected chi connectivity index (χ2v) is 8.52. The molecule has 1 aliphatic heterocycles. The molecule has 5 nitrogen and oxygen atoms in total. The van der Waals surface area contributed by atoms with Crippen molar-refractivity contribution in [3.8, 4) is 5.75 Å². The number of hydrogen-bond acceptors (Lipinski definition) is 4. The Morgan fingerprint density at radius 1 is 0.939 bits per heavy atom. The van der Waals surface area contributed by atoms with E-state index in [9.17, 15) is 24.2 Å². The Kier molecular flexibility index (Phi) is 5.72. The first-order chi connectivity index (χ1) is 15.6. The summed E-state index contributed by atoms with van der Waals surface area (Å²) in [6.07, 6.45) is 0. The Bertz CT molecular complexity index is 1350. The molecule has 1 aliphatic rings. The van der Waals surface area contributed by atoms with Crippen molar-refractivity contribution in [3.63, 3.8) is 0 Å². The smallest absolute Gasteiger partial charge is 0.300 e. The fraction of sp³-hybridized carbons (Fsp3) is 0.154. The summed E-state index contributed by atoms with van der Waals surface area (Å²) < 4.78 is 13.8. The van der Waals surface area contributed by atoms with Crippen molar-refractivity contribution >= 4 is 34.7 Å². The second kappa shape index (κ2) is 8.37. The number of hydrogen-bond donors (Lipinski definition) is 2. The van der Waals surface area contributed by atoms with Crippen molar-refractivity contribution < 1.29 is 24.2 Å². The summed E-state index contributed by atoms with van der Waals surface area (Å²) in [7, 11) is 0. The number of aromatic hydroxyl groups is 1. The molecule has 1 heterocycles. The van der Waals surface area contributed by atoms with E-state index in [0.717, 1.165) is 11.1 Å². The monoisotopic (exact) mass is 465 g/mol. The number of aliphatic hydroxyl groups is 1. The van der Waals surface area contributed by atoms with E-state index in [0.29, 0.717) is 11.3 Å². The summed E-state index contributed by atoms with van der Waals surface area (Å²) in [6.45, 7) is 5.36. The summed E-state index contributed by atoms with van der Waals surface area (Å²) in [6, 6.07) is 12.7. The largest absolute Gasteiger partial charge is 0.507 e. The Morgan fingerprint density at radius 3 is 2.30 bits per heavy atom. The molecule has 3 aromatic rings. The number of rotatable bonds is 3. The van der Waals surface area contributed by atoms with Gasteiger partial charge in [-0.1, -0.05) is 23.7 Å². The third-order valence-electron chi connectivity index (χ3n) is 5.93. The van der Waals surface area contributed by atoms with Gasteiger partial charge in [-0.3, -0.25) is 14.5 Å². The summed E-state index contributed by atoms with van der Waals surface area (Å²) >= 11 is 6.13. The lowest BCUT2D eigenvalue weighted by Crippen LogP contribution is -2.29. The minimum absolute atomic E-state index is 0.0378. The topological polar surface area (TPSA) is 77.8 Å². The van der Waals surface area contributed by atoms with Crippen molar-refractivity contribution in [2.24, 2.45) is 0 Å². The first-order valence-corrected chi connectivity index (χ1v) is 10.6. The predicted molar refractivity (Wildman–Crippen MR) is 125 cm³/mol. The number of carbonyl (C=O) groups is 2. The standard InChI is InChI=1S/C26H21ClFNO4/c1-13-4-7-18(11-14(13)2)29-23(16-6-9-21(30)19(27)12-16)22(25(32)26(29)33)24(31)17-5-8-20(28)15(3)10-17/h4-12,23,30-31H,1-3H3/b24-22+. The normalized spacial score (nSPS) is 17.6. The molecule has 1 unspecified atom stereocenters. The molecule has 33 heavy (non-hydrogen) atoms. The minimum Gasteiger partial charge on any atom is -0.507 e. The molecule has 3 aromatic carbocycles. The van der Waals surface area contributed by atoms with Gasteiger partial charge in [-0.15, -0.1) is 0 Å². The van der Waals surface area contributed by atoms with Crippen LogP contribution in [-0.4, -0.2) is 21.9 Å². The molecule has 4 rings (SSSR count). The molecular weight excluding hydrogens is 445 g/mol. The highest BCUT2D eigenvalue weighted by molar-refractivity contribution is 6.51. The summed E-state index contributed by atoms with van der Waals surface area (Å²) in [5.41, 5.74) is 3.19. The molecule has 1 fully saturated rings. The Hall–Kier alpha value is -3.64. The highest BCUT2D eigenvalue weighted by Crippen LogP contribution is 2.43. The number of anilines is 1. The number of ketones is 1. The Morgan fingerprint density at radius 2 is 1.67 bits per heavy atom. The zero-order valence-electron chi connectivity index (χ0n) is 18.2. The van der Waals surface area contributed by atoms with Crippen LogP contribution in [0.3, 0.4) is 0 Å². The first-order valence-electron chi connectivity index (χ1n) is 10.2. The summed E-state index contributed by atoms with van der Waals surface area (Å²) in [5, 5.41) is 21.0. The maximum Gasteiger partial charge on any atom is 0.300 e. The molecule has 2 N–H and O–H groups in total. The van der Waals surface area contributed by atoms with Gasteiger partial charge >= 0.3 is 0 Å². The van der Waals surface area contributed by atoms with Gasteiger partial charge < -0.3 is 10.2 Å². The van der Waals surface area contributed by atoms with E-state index in [-0.39, 0.29) is 27.5 Å². The fourth-order valence-corrected chi connectivity index (χ4v) is 4.12. The van der Waals surface area contributed by atoms with Crippen LogP contribution in [0.2, 0.25) is 5.02 Å². The van der Waals surface area contributed by atoms with Gasteiger partial charge in [0.1, 0.15) is 17.3 Å². The van der Waals surface area contributed by atoms with Crippen molar-refractivity contribution in [1.82, 2.24) is 0 Å². The number of aliphatic hydroxyl groups excluding tert-OH is 1. The van der Waals surface area contributed by atoms with E-state index in [1.165, 1.54) is 48.2 Å². The molecule has 1 atom stereocenters. The van der Waals surface area contributed by atoms with Crippen LogP contribution in [-0.2, 0) is 9.59 Å². The highest BCUT2D eigenvalue weighted by atomic mass is 35.5. The molecular formula is C26H21ClFNO4. The van der Waals surface area contributed by atoms with E-state index < -0.39 is 29.3 Å². The van der Waals surface area contributed by atoms with E-state index in [1.54, 1.807) is 12.1 Å². The zero-order chi connectivity index (χ0) is 24.0. The molecule has 1 amide bonds. The number of phenolic OH excluding ortho intramolecular Hbond substituents is 1. The summed E-state index contributed by atoms with van der Waals surface area (Å²) in [5.74, 6) is -2.71. The molecule has 168 valence electrons. The van der Waals surface area contributed by atoms with Crippen molar-refractivity contribution in [3.05, 3.63) is 98.8 Å². The minimum atomic E-state index is -1.00. The van der Waals surface area contributed by atoms with Gasteiger partial charge in [0.05, 0.1) is 16.6 Å². The van der Waals surface area contributed by atoms with E-state index in [1.807, 2.05) is 19.9 Å². The lowest BCUT2D eigenvalue weighted by atomic mass is 9.94. The maximum atomic E-state index is 13.8. The number of halogens is 2. The molecule has 0 saturated carbocycles. The number of nitrogens with zero attached hydrogens (tertiary/aromatic N) is 1. The maximum absolute atomic E-state index is 13.8. The van der Waals surface area contributed by atoms with Gasteiger partial charge in [0.2, 0.25) is 0 Å². The molecule has 0 aromatic heterocycles. The second-order valence-electron chi connectivity index (χ2n) is 8.11. The molecule has 0 radical (unpaired) electrons. The lowest BCUT2D eigenvalue weighted by Gasteiger charge is -2.26. The average Bonchev–Trinajstić information content (AvgIpc) is 3.04. The van der Waals surface area contributed by atoms with Gasteiger partial charge in [-0.2, -0.15) is 0 Å². The number of carbonyl (C=O) groups excluding carboxylic acids is 2. The van der Waals surface area contributed by atoms with Crippen LogP contribution in [0, 0.1) is 26.6 Å². The van der Waals surface area contributed by atoms with Gasteiger partial charge in [0, 0.05) is 11.3 Å². The lowest BCUT2D eigenvalue weighted by molar-refractivity contribution is -0.132. The van der Waals surface area contributed by atoms with E-state index >= 15 is 0 Å². The molecule has 0 aliphatic carbocycles. The molecule has 1 saturated heterocycles. The van der Waals surface area contributed by atoms with Gasteiger partial charge in [0.25, 0.3) is 11.7 Å². The average molecular weight is 466 g/mol. The molecule has 0 bridgehead atoms. The van der Waals surface area contributed by atoms with Gasteiger partial charge in [-0.05, 0) is 85.5 Å². The number of amides is 1. The number of Topliss-reactive ketones (excluding diaryl/α,β-unsaturated/α-hetero) is 1. The summed E-state index contributed by atoms with van der Waals surface area (Å²) in [4.78, 5) is 27.7. The first kappa shape index (κ1) is 22.6.